The second-order valence-corrected chi connectivity index (χ2v) is 6.36. The van der Waals surface area contributed by atoms with Gasteiger partial charge in [0.05, 0.1) is 19.4 Å². The number of carbonyl (C=O) groups excluding carboxylic acids is 2. The van der Waals surface area contributed by atoms with Crippen molar-refractivity contribution in [1.29, 1.82) is 0 Å². The smallest absolute Gasteiger partial charge is 0.268 e. The molecule has 3 rings (SSSR count). The van der Waals surface area contributed by atoms with Gasteiger partial charge in [-0.2, -0.15) is 0 Å². The van der Waals surface area contributed by atoms with Crippen molar-refractivity contribution >= 4 is 17.9 Å². The number of benzene rings is 2. The Balaban J connectivity index is 1.79. The molecule has 0 bridgehead atoms. The van der Waals surface area contributed by atoms with E-state index in [1.165, 1.54) is 12.3 Å². The van der Waals surface area contributed by atoms with Gasteiger partial charge in [-0.3, -0.25) is 9.59 Å². The number of hydrogen-bond acceptors (Lipinski definition) is 4. The van der Waals surface area contributed by atoms with Crippen LogP contribution in [-0.2, 0) is 4.79 Å². The maximum Gasteiger partial charge on any atom is 0.268 e. The lowest BCUT2D eigenvalue weighted by atomic mass is 10.1. The van der Waals surface area contributed by atoms with Crippen molar-refractivity contribution in [2.45, 2.75) is 13.0 Å². The fourth-order valence-corrected chi connectivity index (χ4v) is 2.71. The summed E-state index contributed by atoms with van der Waals surface area (Å²) in [5, 5.41) is 5.58. The van der Waals surface area contributed by atoms with Crippen molar-refractivity contribution in [3.8, 4) is 5.75 Å². The number of hydrogen-bond donors (Lipinski definition) is 2. The largest absolute Gasteiger partial charge is 0.497 e. The minimum absolute atomic E-state index is 0.0866. The molecular weight excluding hydrogens is 368 g/mol. The third-order valence-electron chi connectivity index (χ3n) is 4.32. The highest BCUT2D eigenvalue weighted by Crippen LogP contribution is 2.15. The molecule has 6 heteroatoms. The summed E-state index contributed by atoms with van der Waals surface area (Å²) < 4.78 is 10.4. The summed E-state index contributed by atoms with van der Waals surface area (Å²) in [4.78, 5) is 25.5. The summed E-state index contributed by atoms with van der Waals surface area (Å²) in [5.41, 5.74) is 1.45. The minimum Gasteiger partial charge on any atom is -0.497 e. The van der Waals surface area contributed by atoms with Gasteiger partial charge in [-0.15, -0.1) is 0 Å². The average Bonchev–Trinajstić information content (AvgIpc) is 3.27. The molecule has 0 aliphatic rings. The van der Waals surface area contributed by atoms with Crippen molar-refractivity contribution < 1.29 is 18.7 Å². The van der Waals surface area contributed by atoms with Crippen molar-refractivity contribution in [3.63, 3.8) is 0 Å². The van der Waals surface area contributed by atoms with Gasteiger partial charge in [-0.25, -0.2) is 0 Å². The van der Waals surface area contributed by atoms with E-state index in [4.69, 9.17) is 9.15 Å². The van der Waals surface area contributed by atoms with E-state index in [9.17, 15) is 9.59 Å². The molecule has 2 N–H and O–H groups in total. The molecule has 0 aliphatic carbocycles. The fourth-order valence-electron chi connectivity index (χ4n) is 2.71. The average molecular weight is 390 g/mol. The van der Waals surface area contributed by atoms with E-state index in [0.717, 1.165) is 5.56 Å². The van der Waals surface area contributed by atoms with Crippen LogP contribution in [0, 0.1) is 0 Å². The molecular formula is C23H22N2O4. The first-order chi connectivity index (χ1) is 14.1. The van der Waals surface area contributed by atoms with Crippen LogP contribution in [0.25, 0.3) is 6.08 Å². The lowest BCUT2D eigenvalue weighted by Gasteiger charge is -2.16. The van der Waals surface area contributed by atoms with Crippen LogP contribution in [-0.4, -0.2) is 18.9 Å². The van der Waals surface area contributed by atoms with E-state index in [2.05, 4.69) is 10.6 Å². The Morgan fingerprint density at radius 1 is 1.00 bits per heavy atom. The second kappa shape index (κ2) is 9.41. The topological polar surface area (TPSA) is 80.6 Å². The zero-order valence-electron chi connectivity index (χ0n) is 16.2. The van der Waals surface area contributed by atoms with Gasteiger partial charge in [-0.05, 0) is 48.9 Å². The lowest BCUT2D eigenvalue weighted by Crippen LogP contribution is -2.36. The van der Waals surface area contributed by atoms with E-state index in [-0.39, 0.29) is 11.7 Å². The molecule has 0 saturated carbocycles. The van der Waals surface area contributed by atoms with Crippen LogP contribution in [0.2, 0.25) is 0 Å². The Bertz CT molecular complexity index is 977. The van der Waals surface area contributed by atoms with Crippen LogP contribution in [0.3, 0.4) is 0 Å². The van der Waals surface area contributed by atoms with Gasteiger partial charge in [0.1, 0.15) is 17.2 Å². The van der Waals surface area contributed by atoms with E-state index >= 15 is 0 Å². The number of methoxy groups -OCH3 is 1. The molecule has 0 spiro atoms. The normalized spacial score (nSPS) is 12.1. The van der Waals surface area contributed by atoms with Crippen LogP contribution >= 0.6 is 0 Å². The van der Waals surface area contributed by atoms with E-state index in [0.29, 0.717) is 17.1 Å². The van der Waals surface area contributed by atoms with Crippen molar-refractivity contribution in [3.05, 3.63) is 95.6 Å². The van der Waals surface area contributed by atoms with E-state index in [1.54, 1.807) is 43.5 Å². The van der Waals surface area contributed by atoms with Gasteiger partial charge in [-0.1, -0.05) is 30.3 Å². The molecule has 2 amide bonds. The number of amides is 2. The summed E-state index contributed by atoms with van der Waals surface area (Å²) in [5.74, 6) is 0.271. The van der Waals surface area contributed by atoms with Gasteiger partial charge in [0, 0.05) is 11.6 Å². The quantitative estimate of drug-likeness (QED) is 0.599. The van der Waals surface area contributed by atoms with Crippen molar-refractivity contribution in [2.75, 3.05) is 7.11 Å². The second-order valence-electron chi connectivity index (χ2n) is 6.36. The van der Waals surface area contributed by atoms with Crippen LogP contribution < -0.4 is 15.4 Å². The molecule has 1 aromatic heterocycles. The maximum absolute atomic E-state index is 12.9. The Hall–Kier alpha value is -3.80. The Morgan fingerprint density at radius 3 is 2.34 bits per heavy atom. The highest BCUT2D eigenvalue weighted by molar-refractivity contribution is 6.05. The van der Waals surface area contributed by atoms with E-state index in [1.807, 2.05) is 37.3 Å². The molecule has 6 nitrogen and oxygen atoms in total. The highest BCUT2D eigenvalue weighted by atomic mass is 16.5. The maximum atomic E-state index is 12.9. The van der Waals surface area contributed by atoms with Crippen molar-refractivity contribution in [2.24, 2.45) is 0 Å². The molecule has 0 unspecified atom stereocenters. The van der Waals surface area contributed by atoms with Gasteiger partial charge < -0.3 is 19.8 Å². The Morgan fingerprint density at radius 2 is 1.72 bits per heavy atom. The molecule has 29 heavy (non-hydrogen) atoms. The summed E-state index contributed by atoms with van der Waals surface area (Å²) >= 11 is 0. The summed E-state index contributed by atoms with van der Waals surface area (Å²) in [6.45, 7) is 1.88. The van der Waals surface area contributed by atoms with Gasteiger partial charge >= 0.3 is 0 Å². The lowest BCUT2D eigenvalue weighted by molar-refractivity contribution is -0.118. The summed E-state index contributed by atoms with van der Waals surface area (Å²) in [6.07, 6.45) is 2.99. The molecule has 3 aromatic rings. The molecule has 0 radical (unpaired) electrons. The zero-order valence-corrected chi connectivity index (χ0v) is 16.2. The standard InChI is InChI=1S/C23H22N2O4/c1-16(17-7-4-3-5-8-17)24-23(27)21(15-20-9-6-14-29-20)25-22(26)18-10-12-19(28-2)13-11-18/h3-16H,1-2H3,(H,24,27)(H,25,26)/b21-15+/t16-/m0/s1. The first-order valence-corrected chi connectivity index (χ1v) is 9.13. The monoisotopic (exact) mass is 390 g/mol. The Kier molecular flexibility index (Phi) is 6.47. The van der Waals surface area contributed by atoms with Gasteiger partial charge in [0.25, 0.3) is 11.8 Å². The van der Waals surface area contributed by atoms with Crippen LogP contribution in [0.15, 0.2) is 83.1 Å². The summed E-state index contributed by atoms with van der Waals surface area (Å²) in [6, 6.07) is 19.4. The Labute approximate surface area is 169 Å². The van der Waals surface area contributed by atoms with Gasteiger partial charge in [0.2, 0.25) is 0 Å². The number of furan rings is 1. The van der Waals surface area contributed by atoms with E-state index < -0.39 is 11.8 Å². The predicted octanol–water partition coefficient (Wildman–Crippen LogP) is 3.94. The molecule has 0 aliphatic heterocycles. The third kappa shape index (κ3) is 5.35. The van der Waals surface area contributed by atoms with Crippen molar-refractivity contribution in [1.82, 2.24) is 10.6 Å². The first kappa shape index (κ1) is 19.9. The molecule has 1 atom stereocenters. The highest BCUT2D eigenvalue weighted by Gasteiger charge is 2.18. The zero-order chi connectivity index (χ0) is 20.6. The molecule has 0 saturated heterocycles. The number of rotatable bonds is 7. The number of ether oxygens (including phenoxy) is 1. The number of carbonyl (C=O) groups is 2. The molecule has 1 heterocycles. The molecule has 2 aromatic carbocycles. The first-order valence-electron chi connectivity index (χ1n) is 9.13. The SMILES string of the molecule is COc1ccc(C(=O)N/C(=C/c2ccco2)C(=O)N[C@@H](C)c2ccccc2)cc1. The number of nitrogens with one attached hydrogen (secondary N) is 2. The van der Waals surface area contributed by atoms with Crippen LogP contribution in [0.5, 0.6) is 5.75 Å². The molecule has 148 valence electrons. The minimum atomic E-state index is -0.417. The van der Waals surface area contributed by atoms with Crippen LogP contribution in [0.1, 0.15) is 34.6 Å². The summed E-state index contributed by atoms with van der Waals surface area (Å²) in [7, 11) is 1.55. The van der Waals surface area contributed by atoms with Gasteiger partial charge in [0.15, 0.2) is 0 Å². The molecule has 0 fully saturated rings. The predicted molar refractivity (Wildman–Crippen MR) is 110 cm³/mol. The fraction of sp³-hybridized carbons (Fsp3) is 0.130. The third-order valence-corrected chi connectivity index (χ3v) is 4.32. The van der Waals surface area contributed by atoms with Crippen LogP contribution in [0.4, 0.5) is 0 Å².